The van der Waals surface area contributed by atoms with Crippen LogP contribution in [0.25, 0.3) is 0 Å². The minimum atomic E-state index is -0.211. The minimum Gasteiger partial charge on any atom is -0.472 e. The largest absolute Gasteiger partial charge is 0.472 e. The van der Waals surface area contributed by atoms with Crippen LogP contribution >= 0.6 is 0 Å². The van der Waals surface area contributed by atoms with E-state index in [1.54, 1.807) is 29.4 Å². The molecular weight excluding hydrogens is 416 g/mol. The Labute approximate surface area is 192 Å². The number of carbonyl (C=O) groups excluding carboxylic acids is 2. The van der Waals surface area contributed by atoms with Crippen LogP contribution in [0.3, 0.4) is 0 Å². The van der Waals surface area contributed by atoms with E-state index in [2.05, 4.69) is 17.4 Å². The quantitative estimate of drug-likeness (QED) is 0.375. The van der Waals surface area contributed by atoms with Crippen molar-refractivity contribution in [2.24, 2.45) is 0 Å². The Hall–Kier alpha value is -4.06. The number of benzene rings is 2. The standard InChI is InChI=1S/C27H26N2O4/c30-26(28-25(22-10-5-2-6-11-22)18-21-8-3-1-4-9-21)13-15-29(19-24-12-7-16-33-24)27(31)23-14-17-32-20-23/h1-12,14,16-17,20,25H,13,15,18-19H2,(H,28,30). The Morgan fingerprint density at radius 1 is 0.879 bits per heavy atom. The van der Waals surface area contributed by atoms with Crippen LogP contribution in [0.4, 0.5) is 0 Å². The molecule has 1 N–H and O–H groups in total. The Kier molecular flexibility index (Phi) is 7.38. The molecule has 1 atom stereocenters. The van der Waals surface area contributed by atoms with Gasteiger partial charge < -0.3 is 19.1 Å². The van der Waals surface area contributed by atoms with Crippen molar-refractivity contribution < 1.29 is 18.4 Å². The Balaban J connectivity index is 1.43. The van der Waals surface area contributed by atoms with E-state index < -0.39 is 0 Å². The lowest BCUT2D eigenvalue weighted by Gasteiger charge is -2.23. The molecule has 0 saturated carbocycles. The van der Waals surface area contributed by atoms with E-state index in [1.165, 1.54) is 12.5 Å². The van der Waals surface area contributed by atoms with Crippen LogP contribution in [-0.4, -0.2) is 23.3 Å². The number of amides is 2. The van der Waals surface area contributed by atoms with Gasteiger partial charge in [-0.05, 0) is 35.7 Å². The molecule has 0 aliphatic rings. The maximum absolute atomic E-state index is 12.9. The predicted octanol–water partition coefficient (Wildman–Crippen LogP) is 5.01. The van der Waals surface area contributed by atoms with E-state index in [1.807, 2.05) is 48.5 Å². The van der Waals surface area contributed by atoms with Gasteiger partial charge in [0.2, 0.25) is 5.91 Å². The van der Waals surface area contributed by atoms with Gasteiger partial charge in [0.1, 0.15) is 12.0 Å². The first-order valence-electron chi connectivity index (χ1n) is 10.9. The fraction of sp³-hybridized carbons (Fsp3) is 0.185. The van der Waals surface area contributed by atoms with Crippen LogP contribution in [0.2, 0.25) is 0 Å². The van der Waals surface area contributed by atoms with Crippen LogP contribution in [0.1, 0.15) is 39.7 Å². The number of hydrogen-bond acceptors (Lipinski definition) is 4. The molecule has 2 amide bonds. The van der Waals surface area contributed by atoms with Crippen molar-refractivity contribution >= 4 is 11.8 Å². The summed E-state index contributed by atoms with van der Waals surface area (Å²) in [7, 11) is 0. The van der Waals surface area contributed by atoms with Crippen molar-refractivity contribution in [3.8, 4) is 0 Å². The van der Waals surface area contributed by atoms with Gasteiger partial charge in [0.15, 0.2) is 0 Å². The summed E-state index contributed by atoms with van der Waals surface area (Å²) in [6.07, 6.45) is 5.28. The van der Waals surface area contributed by atoms with Crippen LogP contribution in [0, 0.1) is 0 Å². The lowest BCUT2D eigenvalue weighted by atomic mass is 9.98. The molecule has 1 unspecified atom stereocenters. The first-order valence-corrected chi connectivity index (χ1v) is 10.9. The van der Waals surface area contributed by atoms with Gasteiger partial charge in [-0.25, -0.2) is 0 Å². The molecule has 0 bridgehead atoms. The summed E-state index contributed by atoms with van der Waals surface area (Å²) in [4.78, 5) is 27.5. The summed E-state index contributed by atoms with van der Waals surface area (Å²) in [5.41, 5.74) is 2.62. The van der Waals surface area contributed by atoms with E-state index in [4.69, 9.17) is 8.83 Å². The third kappa shape index (κ3) is 6.23. The van der Waals surface area contributed by atoms with E-state index in [9.17, 15) is 9.59 Å². The van der Waals surface area contributed by atoms with Crippen molar-refractivity contribution in [3.63, 3.8) is 0 Å². The van der Waals surface area contributed by atoms with Crippen LogP contribution < -0.4 is 5.32 Å². The topological polar surface area (TPSA) is 75.7 Å². The highest BCUT2D eigenvalue weighted by Gasteiger charge is 2.21. The summed E-state index contributed by atoms with van der Waals surface area (Å²) in [5, 5.41) is 3.15. The predicted molar refractivity (Wildman–Crippen MR) is 124 cm³/mol. The zero-order chi connectivity index (χ0) is 22.9. The first kappa shape index (κ1) is 22.1. The van der Waals surface area contributed by atoms with Crippen molar-refractivity contribution in [1.29, 1.82) is 0 Å². The van der Waals surface area contributed by atoms with Crippen molar-refractivity contribution in [1.82, 2.24) is 10.2 Å². The van der Waals surface area contributed by atoms with Gasteiger partial charge in [0.05, 0.1) is 30.7 Å². The van der Waals surface area contributed by atoms with Crippen molar-refractivity contribution in [2.45, 2.75) is 25.4 Å². The lowest BCUT2D eigenvalue weighted by Crippen LogP contribution is -2.36. The maximum atomic E-state index is 12.9. The number of nitrogens with one attached hydrogen (secondary N) is 1. The van der Waals surface area contributed by atoms with Crippen LogP contribution in [-0.2, 0) is 17.8 Å². The molecule has 2 aromatic carbocycles. The zero-order valence-electron chi connectivity index (χ0n) is 18.2. The SMILES string of the molecule is O=C(CCN(Cc1ccco1)C(=O)c1ccoc1)NC(Cc1ccccc1)c1ccccc1. The highest BCUT2D eigenvalue weighted by molar-refractivity contribution is 5.94. The fourth-order valence-electron chi connectivity index (χ4n) is 3.70. The highest BCUT2D eigenvalue weighted by atomic mass is 16.3. The lowest BCUT2D eigenvalue weighted by molar-refractivity contribution is -0.122. The molecule has 0 aliphatic carbocycles. The van der Waals surface area contributed by atoms with E-state index >= 15 is 0 Å². The van der Waals surface area contributed by atoms with Crippen LogP contribution in [0.5, 0.6) is 0 Å². The number of hydrogen-bond donors (Lipinski definition) is 1. The minimum absolute atomic E-state index is 0.121. The second kappa shape index (κ2) is 11.0. The summed E-state index contributed by atoms with van der Waals surface area (Å²) in [6.45, 7) is 0.528. The third-order valence-electron chi connectivity index (χ3n) is 5.41. The average Bonchev–Trinajstić information content (AvgIpc) is 3.57. The van der Waals surface area contributed by atoms with Crippen LogP contribution in [0.15, 0.2) is 106 Å². The fourth-order valence-corrected chi connectivity index (χ4v) is 3.70. The summed E-state index contributed by atoms with van der Waals surface area (Å²) in [5.74, 6) is 0.319. The second-order valence-corrected chi connectivity index (χ2v) is 7.79. The van der Waals surface area contributed by atoms with Gasteiger partial charge >= 0.3 is 0 Å². The molecule has 2 aromatic heterocycles. The summed E-state index contributed by atoms with van der Waals surface area (Å²) < 4.78 is 10.5. The van der Waals surface area contributed by atoms with Gasteiger partial charge in [-0.3, -0.25) is 9.59 Å². The molecule has 0 radical (unpaired) electrons. The molecule has 33 heavy (non-hydrogen) atoms. The molecule has 0 spiro atoms. The van der Waals surface area contributed by atoms with Crippen molar-refractivity contribution in [2.75, 3.05) is 6.54 Å². The van der Waals surface area contributed by atoms with Crippen molar-refractivity contribution in [3.05, 3.63) is 120 Å². The molecule has 2 heterocycles. The number of nitrogens with zero attached hydrogens (tertiary/aromatic N) is 1. The Bertz CT molecular complexity index is 1120. The Morgan fingerprint density at radius 2 is 1.64 bits per heavy atom. The van der Waals surface area contributed by atoms with Gasteiger partial charge in [0, 0.05) is 13.0 Å². The zero-order valence-corrected chi connectivity index (χ0v) is 18.2. The molecule has 4 aromatic rings. The number of rotatable bonds is 10. The number of furan rings is 2. The monoisotopic (exact) mass is 442 g/mol. The third-order valence-corrected chi connectivity index (χ3v) is 5.41. The normalized spacial score (nSPS) is 11.6. The molecule has 6 heteroatoms. The molecule has 0 saturated heterocycles. The maximum Gasteiger partial charge on any atom is 0.257 e. The second-order valence-electron chi connectivity index (χ2n) is 7.79. The number of carbonyl (C=O) groups is 2. The smallest absolute Gasteiger partial charge is 0.257 e. The first-order chi connectivity index (χ1) is 16.2. The van der Waals surface area contributed by atoms with E-state index in [0.29, 0.717) is 17.7 Å². The molecule has 4 rings (SSSR count). The molecule has 6 nitrogen and oxygen atoms in total. The van der Waals surface area contributed by atoms with Gasteiger partial charge in [-0.2, -0.15) is 0 Å². The summed E-state index contributed by atoms with van der Waals surface area (Å²) >= 11 is 0. The van der Waals surface area contributed by atoms with E-state index in [-0.39, 0.29) is 37.4 Å². The molecule has 0 aliphatic heterocycles. The summed E-state index contributed by atoms with van der Waals surface area (Å²) in [6, 6.07) is 25.0. The molecule has 168 valence electrons. The average molecular weight is 443 g/mol. The molecule has 0 fully saturated rings. The Morgan fingerprint density at radius 3 is 2.30 bits per heavy atom. The highest BCUT2D eigenvalue weighted by Crippen LogP contribution is 2.19. The van der Waals surface area contributed by atoms with E-state index in [0.717, 1.165) is 11.1 Å². The van der Waals surface area contributed by atoms with Gasteiger partial charge in [-0.1, -0.05) is 60.7 Å². The molecular formula is C27H26N2O4. The van der Waals surface area contributed by atoms with Gasteiger partial charge in [-0.15, -0.1) is 0 Å². The van der Waals surface area contributed by atoms with Gasteiger partial charge in [0.25, 0.3) is 5.91 Å².